The molecular formula is C14H20N2O6. The molecule has 0 aromatic heterocycles. The molecule has 1 aromatic carbocycles. The van der Waals surface area contributed by atoms with Crippen LogP contribution in [0.4, 0.5) is 9.59 Å². The van der Waals surface area contributed by atoms with Crippen LogP contribution in [0, 0.1) is 0 Å². The molecule has 2 amide bonds. The van der Waals surface area contributed by atoms with Crippen molar-refractivity contribution in [1.29, 1.82) is 0 Å². The lowest BCUT2D eigenvalue weighted by atomic mass is 10.3. The number of rotatable bonds is 2. The highest BCUT2D eigenvalue weighted by atomic mass is 16.6. The number of carbonyl (C=O) groups is 2. The predicted octanol–water partition coefficient (Wildman–Crippen LogP) is 3.63. The van der Waals surface area contributed by atoms with Crippen LogP contribution in [0.5, 0.6) is 11.5 Å². The Bertz CT molecular complexity index is 452. The van der Waals surface area contributed by atoms with Gasteiger partial charge in [0.05, 0.1) is 12.2 Å². The molecule has 2 N–H and O–H groups in total. The van der Waals surface area contributed by atoms with Crippen LogP contribution in [0.1, 0.15) is 27.7 Å². The van der Waals surface area contributed by atoms with Gasteiger partial charge in [-0.15, -0.1) is 0 Å². The minimum absolute atomic E-state index is 0.169. The Labute approximate surface area is 128 Å². The van der Waals surface area contributed by atoms with Gasteiger partial charge in [0.25, 0.3) is 0 Å². The van der Waals surface area contributed by atoms with Gasteiger partial charge in [0, 0.05) is 0 Å². The number of hydrogen-bond donors (Lipinski definition) is 2. The Morgan fingerprint density at radius 3 is 1.32 bits per heavy atom. The largest absolute Gasteiger partial charge is 0.508 e. The van der Waals surface area contributed by atoms with E-state index in [1.165, 1.54) is 24.3 Å². The third-order valence-electron chi connectivity index (χ3n) is 1.74. The first-order chi connectivity index (χ1) is 10.2. The lowest BCUT2D eigenvalue weighted by Crippen LogP contribution is -2.09. The van der Waals surface area contributed by atoms with E-state index in [0.717, 1.165) is 0 Å². The first-order valence-corrected chi connectivity index (χ1v) is 6.51. The van der Waals surface area contributed by atoms with Crippen molar-refractivity contribution >= 4 is 12.2 Å². The monoisotopic (exact) mass is 312 g/mol. The number of benzene rings is 1. The molecule has 22 heavy (non-hydrogen) atoms. The van der Waals surface area contributed by atoms with Gasteiger partial charge < -0.3 is 19.7 Å². The highest BCUT2D eigenvalue weighted by molar-refractivity contribution is 5.73. The van der Waals surface area contributed by atoms with Crippen LogP contribution in [0.15, 0.2) is 34.5 Å². The minimum atomic E-state index is -0.902. The highest BCUT2D eigenvalue weighted by Crippen LogP contribution is 2.13. The second-order valence-electron chi connectivity index (χ2n) is 4.58. The number of phenolic OH excluding ortho intramolecular Hbond substituents is 2. The van der Waals surface area contributed by atoms with Crippen LogP contribution in [0.2, 0.25) is 0 Å². The zero-order valence-electron chi connectivity index (χ0n) is 12.9. The Hall–Kier alpha value is -2.64. The number of aromatic hydroxyl groups is 2. The lowest BCUT2D eigenvalue weighted by molar-refractivity contribution is 0.115. The summed E-state index contributed by atoms with van der Waals surface area (Å²) in [5.41, 5.74) is 0. The van der Waals surface area contributed by atoms with Crippen molar-refractivity contribution in [2.75, 3.05) is 0 Å². The summed E-state index contributed by atoms with van der Waals surface area (Å²) in [4.78, 5) is 21.5. The maximum atomic E-state index is 10.8. The Morgan fingerprint density at radius 2 is 1.09 bits per heavy atom. The Kier molecular flexibility index (Phi) is 8.92. The van der Waals surface area contributed by atoms with Crippen LogP contribution in [0.3, 0.4) is 0 Å². The molecule has 0 heterocycles. The van der Waals surface area contributed by atoms with E-state index in [1.807, 2.05) is 0 Å². The molecular weight excluding hydrogens is 292 g/mol. The van der Waals surface area contributed by atoms with Gasteiger partial charge in [0.2, 0.25) is 0 Å². The second-order valence-corrected chi connectivity index (χ2v) is 4.58. The molecule has 0 bridgehead atoms. The van der Waals surface area contributed by atoms with Gasteiger partial charge in [-0.1, -0.05) is 10.2 Å². The smallest absolute Gasteiger partial charge is 0.452 e. The number of phenols is 2. The molecule has 0 aliphatic carbocycles. The molecule has 0 saturated carbocycles. The summed E-state index contributed by atoms with van der Waals surface area (Å²) < 4.78 is 9.20. The highest BCUT2D eigenvalue weighted by Gasteiger charge is 2.06. The van der Waals surface area contributed by atoms with Crippen molar-refractivity contribution < 1.29 is 29.3 Å². The normalized spacial score (nSPS) is 10.3. The molecule has 8 nitrogen and oxygen atoms in total. The summed E-state index contributed by atoms with van der Waals surface area (Å²) in [5.74, 6) is 0.339. The molecule has 0 fully saturated rings. The molecule has 0 aliphatic heterocycles. The van der Waals surface area contributed by atoms with Crippen molar-refractivity contribution in [2.45, 2.75) is 39.9 Å². The van der Waals surface area contributed by atoms with E-state index in [9.17, 15) is 9.59 Å². The zero-order chi connectivity index (χ0) is 17.1. The summed E-state index contributed by atoms with van der Waals surface area (Å²) in [6, 6.07) is 5.70. The predicted molar refractivity (Wildman–Crippen MR) is 77.9 cm³/mol. The van der Waals surface area contributed by atoms with E-state index in [-0.39, 0.29) is 23.7 Å². The summed E-state index contributed by atoms with van der Waals surface area (Å²) in [6.07, 6.45) is -2.38. The van der Waals surface area contributed by atoms with E-state index in [2.05, 4.69) is 19.7 Å². The zero-order valence-corrected chi connectivity index (χ0v) is 12.9. The van der Waals surface area contributed by atoms with Gasteiger partial charge in [-0.05, 0) is 52.0 Å². The maximum absolute atomic E-state index is 10.8. The number of azo groups is 1. The van der Waals surface area contributed by atoms with Crippen molar-refractivity contribution in [3.05, 3.63) is 24.3 Å². The molecule has 8 heteroatoms. The number of nitrogens with zero attached hydrogens (tertiary/aromatic N) is 2. The van der Waals surface area contributed by atoms with Crippen LogP contribution >= 0.6 is 0 Å². The van der Waals surface area contributed by atoms with E-state index < -0.39 is 12.2 Å². The van der Waals surface area contributed by atoms with Crippen LogP contribution in [-0.2, 0) is 9.47 Å². The quantitative estimate of drug-likeness (QED) is 0.636. The summed E-state index contributed by atoms with van der Waals surface area (Å²) in [7, 11) is 0. The molecule has 0 saturated heterocycles. The average Bonchev–Trinajstić information content (AvgIpc) is 2.39. The van der Waals surface area contributed by atoms with E-state index in [1.54, 1.807) is 27.7 Å². The topological polar surface area (TPSA) is 118 Å². The molecule has 0 unspecified atom stereocenters. The summed E-state index contributed by atoms with van der Waals surface area (Å²) in [6.45, 7) is 6.67. The van der Waals surface area contributed by atoms with Crippen molar-refractivity contribution in [1.82, 2.24) is 0 Å². The maximum Gasteiger partial charge on any atom is 0.452 e. The van der Waals surface area contributed by atoms with Crippen molar-refractivity contribution in [3.63, 3.8) is 0 Å². The standard InChI is InChI=1S/C8H14N2O4.C6H6O2/c1-5(2)13-7(11)9-10-8(12)14-6(3)4;7-5-1-2-6(8)4-3-5/h5-6H,1-4H3;1-4,7-8H. The number of amides is 2. The van der Waals surface area contributed by atoms with Gasteiger partial charge in [0.1, 0.15) is 11.5 Å². The Morgan fingerprint density at radius 1 is 0.818 bits per heavy atom. The molecule has 1 aromatic rings. The average molecular weight is 312 g/mol. The number of ether oxygens (including phenoxy) is 2. The van der Waals surface area contributed by atoms with Crippen LogP contribution in [0.25, 0.3) is 0 Å². The molecule has 0 spiro atoms. The summed E-state index contributed by atoms with van der Waals surface area (Å²) >= 11 is 0. The van der Waals surface area contributed by atoms with Gasteiger partial charge in [-0.25, -0.2) is 9.59 Å². The number of carbonyl (C=O) groups excluding carboxylic acids is 2. The minimum Gasteiger partial charge on any atom is -0.508 e. The molecule has 0 aliphatic rings. The fourth-order valence-corrected chi connectivity index (χ4v) is 0.985. The fraction of sp³-hybridized carbons (Fsp3) is 0.429. The summed E-state index contributed by atoms with van der Waals surface area (Å²) in [5, 5.41) is 23.3. The second kappa shape index (κ2) is 10.1. The first-order valence-electron chi connectivity index (χ1n) is 6.51. The molecule has 1 rings (SSSR count). The van der Waals surface area contributed by atoms with Crippen molar-refractivity contribution in [2.24, 2.45) is 10.2 Å². The van der Waals surface area contributed by atoms with Crippen LogP contribution < -0.4 is 0 Å². The SMILES string of the molecule is CC(C)OC(=O)N=NC(=O)OC(C)C.Oc1ccc(O)cc1. The Balaban J connectivity index is 0.000000461. The van der Waals surface area contributed by atoms with Gasteiger partial charge in [-0.3, -0.25) is 0 Å². The molecule has 0 atom stereocenters. The fourth-order valence-electron chi connectivity index (χ4n) is 0.985. The molecule has 0 radical (unpaired) electrons. The molecule has 122 valence electrons. The van der Waals surface area contributed by atoms with Crippen LogP contribution in [-0.4, -0.2) is 34.6 Å². The van der Waals surface area contributed by atoms with E-state index >= 15 is 0 Å². The van der Waals surface area contributed by atoms with Gasteiger partial charge in [-0.2, -0.15) is 0 Å². The third kappa shape index (κ3) is 11.2. The number of hydrogen-bond acceptors (Lipinski definition) is 6. The first kappa shape index (κ1) is 19.4. The lowest BCUT2D eigenvalue weighted by Gasteiger charge is -2.03. The van der Waals surface area contributed by atoms with E-state index in [0.29, 0.717) is 0 Å². The van der Waals surface area contributed by atoms with E-state index in [4.69, 9.17) is 10.2 Å². The van der Waals surface area contributed by atoms with Crippen molar-refractivity contribution in [3.8, 4) is 11.5 Å². The van der Waals surface area contributed by atoms with Gasteiger partial charge >= 0.3 is 12.2 Å². The third-order valence-corrected chi connectivity index (χ3v) is 1.74. The van der Waals surface area contributed by atoms with Gasteiger partial charge in [0.15, 0.2) is 0 Å².